The summed E-state index contributed by atoms with van der Waals surface area (Å²) in [6.45, 7) is 4.91. The summed E-state index contributed by atoms with van der Waals surface area (Å²) in [5.41, 5.74) is 9.29. The SMILES string of the molecule is Cc1ccc(C)c(Sc2ccc(CCN)cn2)c1. The van der Waals surface area contributed by atoms with Gasteiger partial charge >= 0.3 is 0 Å². The summed E-state index contributed by atoms with van der Waals surface area (Å²) >= 11 is 1.71. The van der Waals surface area contributed by atoms with Crippen molar-refractivity contribution < 1.29 is 0 Å². The van der Waals surface area contributed by atoms with Gasteiger partial charge < -0.3 is 5.73 Å². The van der Waals surface area contributed by atoms with E-state index >= 15 is 0 Å². The molecule has 1 heterocycles. The molecule has 0 fully saturated rings. The average molecular weight is 258 g/mol. The summed E-state index contributed by atoms with van der Waals surface area (Å²) in [4.78, 5) is 5.74. The molecule has 0 saturated carbocycles. The van der Waals surface area contributed by atoms with Gasteiger partial charge in [0.1, 0.15) is 5.03 Å². The van der Waals surface area contributed by atoms with E-state index in [9.17, 15) is 0 Å². The lowest BCUT2D eigenvalue weighted by Gasteiger charge is -2.06. The van der Waals surface area contributed by atoms with Crippen molar-refractivity contribution in [2.24, 2.45) is 5.73 Å². The van der Waals surface area contributed by atoms with Crippen LogP contribution in [0.2, 0.25) is 0 Å². The van der Waals surface area contributed by atoms with Crippen LogP contribution < -0.4 is 5.73 Å². The summed E-state index contributed by atoms with van der Waals surface area (Å²) in [7, 11) is 0. The van der Waals surface area contributed by atoms with Crippen molar-refractivity contribution in [2.45, 2.75) is 30.2 Å². The topological polar surface area (TPSA) is 38.9 Å². The van der Waals surface area contributed by atoms with Crippen LogP contribution in [-0.2, 0) is 6.42 Å². The Hall–Kier alpha value is -1.32. The summed E-state index contributed by atoms with van der Waals surface area (Å²) in [6.07, 6.45) is 2.81. The third-order valence-electron chi connectivity index (χ3n) is 2.79. The molecule has 0 saturated heterocycles. The maximum Gasteiger partial charge on any atom is 0.101 e. The van der Waals surface area contributed by atoms with Crippen LogP contribution in [0.1, 0.15) is 16.7 Å². The van der Waals surface area contributed by atoms with Crippen LogP contribution >= 0.6 is 11.8 Å². The number of pyridine rings is 1. The van der Waals surface area contributed by atoms with Gasteiger partial charge in [0, 0.05) is 11.1 Å². The Bertz CT molecular complexity index is 521. The van der Waals surface area contributed by atoms with Crippen molar-refractivity contribution in [1.29, 1.82) is 0 Å². The van der Waals surface area contributed by atoms with E-state index in [1.54, 1.807) is 11.8 Å². The third-order valence-corrected chi connectivity index (χ3v) is 3.90. The van der Waals surface area contributed by atoms with Crippen LogP contribution in [0.15, 0.2) is 46.5 Å². The van der Waals surface area contributed by atoms with Gasteiger partial charge in [-0.25, -0.2) is 4.98 Å². The Balaban J connectivity index is 2.15. The first-order chi connectivity index (χ1) is 8.69. The van der Waals surface area contributed by atoms with E-state index in [-0.39, 0.29) is 0 Å². The summed E-state index contributed by atoms with van der Waals surface area (Å²) in [5.74, 6) is 0. The highest BCUT2D eigenvalue weighted by Crippen LogP contribution is 2.29. The Morgan fingerprint density at radius 2 is 2.00 bits per heavy atom. The van der Waals surface area contributed by atoms with Gasteiger partial charge in [-0.2, -0.15) is 0 Å². The smallest absolute Gasteiger partial charge is 0.101 e. The number of hydrogen-bond donors (Lipinski definition) is 1. The highest BCUT2D eigenvalue weighted by atomic mass is 32.2. The van der Waals surface area contributed by atoms with Crippen LogP contribution in [-0.4, -0.2) is 11.5 Å². The van der Waals surface area contributed by atoms with Gasteiger partial charge in [-0.15, -0.1) is 0 Å². The summed E-state index contributed by atoms with van der Waals surface area (Å²) in [5, 5.41) is 1.03. The van der Waals surface area contributed by atoms with Gasteiger partial charge in [0.2, 0.25) is 0 Å². The minimum atomic E-state index is 0.672. The molecule has 1 aromatic carbocycles. The molecule has 18 heavy (non-hydrogen) atoms. The first kappa shape index (κ1) is 13.1. The molecule has 0 aliphatic carbocycles. The highest BCUT2D eigenvalue weighted by molar-refractivity contribution is 7.99. The number of benzene rings is 1. The summed E-state index contributed by atoms with van der Waals surface area (Å²) < 4.78 is 0. The molecule has 0 aliphatic rings. The van der Waals surface area contributed by atoms with E-state index in [1.807, 2.05) is 6.20 Å². The first-order valence-electron chi connectivity index (χ1n) is 6.09. The van der Waals surface area contributed by atoms with Gasteiger partial charge in [0.05, 0.1) is 0 Å². The molecule has 2 N–H and O–H groups in total. The second-order valence-corrected chi connectivity index (χ2v) is 5.48. The zero-order chi connectivity index (χ0) is 13.0. The van der Waals surface area contributed by atoms with Crippen LogP contribution in [0.4, 0.5) is 0 Å². The lowest BCUT2D eigenvalue weighted by molar-refractivity contribution is 0.945. The van der Waals surface area contributed by atoms with E-state index in [0.29, 0.717) is 6.54 Å². The average Bonchev–Trinajstić information content (AvgIpc) is 2.37. The van der Waals surface area contributed by atoms with Crippen molar-refractivity contribution >= 4 is 11.8 Å². The molecule has 2 rings (SSSR count). The predicted molar refractivity (Wildman–Crippen MR) is 77.0 cm³/mol. The zero-order valence-electron chi connectivity index (χ0n) is 10.8. The number of nitrogens with zero attached hydrogens (tertiary/aromatic N) is 1. The molecule has 94 valence electrons. The molecule has 2 nitrogen and oxygen atoms in total. The quantitative estimate of drug-likeness (QED) is 0.914. The number of hydrogen-bond acceptors (Lipinski definition) is 3. The molecule has 0 atom stereocenters. The van der Waals surface area contributed by atoms with Gasteiger partial charge in [-0.1, -0.05) is 30.0 Å². The van der Waals surface area contributed by atoms with Crippen molar-refractivity contribution in [3.8, 4) is 0 Å². The van der Waals surface area contributed by atoms with Gasteiger partial charge in [-0.3, -0.25) is 0 Å². The largest absolute Gasteiger partial charge is 0.330 e. The van der Waals surface area contributed by atoms with E-state index in [0.717, 1.165) is 11.4 Å². The Labute approximate surface area is 113 Å². The monoisotopic (exact) mass is 258 g/mol. The van der Waals surface area contributed by atoms with Gasteiger partial charge in [-0.05, 0) is 55.6 Å². The van der Waals surface area contributed by atoms with Crippen LogP contribution in [0.5, 0.6) is 0 Å². The molecule has 0 amide bonds. The van der Waals surface area contributed by atoms with Crippen LogP contribution in [0, 0.1) is 13.8 Å². The molecule has 0 spiro atoms. The Kier molecular flexibility index (Phi) is 4.39. The fourth-order valence-corrected chi connectivity index (χ4v) is 2.66. The molecule has 0 unspecified atom stereocenters. The number of aryl methyl sites for hydroxylation is 2. The highest BCUT2D eigenvalue weighted by Gasteiger charge is 2.03. The van der Waals surface area contributed by atoms with E-state index in [2.05, 4.69) is 49.2 Å². The maximum atomic E-state index is 5.53. The van der Waals surface area contributed by atoms with Crippen LogP contribution in [0.3, 0.4) is 0 Å². The van der Waals surface area contributed by atoms with Crippen molar-refractivity contribution in [1.82, 2.24) is 4.98 Å². The minimum absolute atomic E-state index is 0.672. The van der Waals surface area contributed by atoms with E-state index in [4.69, 9.17) is 5.73 Å². The fraction of sp³-hybridized carbons (Fsp3) is 0.267. The van der Waals surface area contributed by atoms with E-state index in [1.165, 1.54) is 21.6 Å². The number of nitrogens with two attached hydrogens (primary N) is 1. The fourth-order valence-electron chi connectivity index (χ4n) is 1.72. The van der Waals surface area contributed by atoms with Crippen molar-refractivity contribution in [3.05, 3.63) is 53.2 Å². The molecule has 0 radical (unpaired) electrons. The second kappa shape index (κ2) is 6.03. The second-order valence-electron chi connectivity index (χ2n) is 4.41. The standard InChI is InChI=1S/C15H18N2S/c1-11-3-4-12(2)14(9-11)18-15-6-5-13(7-8-16)10-17-15/h3-6,9-10H,7-8,16H2,1-2H3. The third kappa shape index (κ3) is 3.34. The first-order valence-corrected chi connectivity index (χ1v) is 6.91. The van der Waals surface area contributed by atoms with E-state index < -0.39 is 0 Å². The maximum absolute atomic E-state index is 5.53. The van der Waals surface area contributed by atoms with Crippen LogP contribution in [0.25, 0.3) is 0 Å². The Morgan fingerprint density at radius 3 is 2.67 bits per heavy atom. The molecule has 3 heteroatoms. The molecule has 1 aromatic heterocycles. The number of rotatable bonds is 4. The minimum Gasteiger partial charge on any atom is -0.330 e. The number of aromatic nitrogens is 1. The lowest BCUT2D eigenvalue weighted by Crippen LogP contribution is -2.02. The molecule has 0 aliphatic heterocycles. The van der Waals surface area contributed by atoms with Crippen molar-refractivity contribution in [3.63, 3.8) is 0 Å². The molecular weight excluding hydrogens is 240 g/mol. The molecular formula is C15H18N2S. The zero-order valence-corrected chi connectivity index (χ0v) is 11.6. The normalized spacial score (nSPS) is 10.6. The Morgan fingerprint density at radius 1 is 1.17 bits per heavy atom. The van der Waals surface area contributed by atoms with Gasteiger partial charge in [0.25, 0.3) is 0 Å². The molecule has 2 aromatic rings. The van der Waals surface area contributed by atoms with Gasteiger partial charge in [0.15, 0.2) is 0 Å². The molecule has 0 bridgehead atoms. The van der Waals surface area contributed by atoms with Crippen molar-refractivity contribution in [2.75, 3.05) is 6.54 Å². The predicted octanol–water partition coefficient (Wildman–Crippen LogP) is 3.35. The lowest BCUT2D eigenvalue weighted by atomic mass is 10.2. The summed E-state index contributed by atoms with van der Waals surface area (Å²) in [6, 6.07) is 10.7.